The first-order valence-electron chi connectivity index (χ1n) is 16.6. The lowest BCUT2D eigenvalue weighted by Gasteiger charge is -2.14. The molecule has 234 valence electrons. The molecule has 0 N–H and O–H groups in total. The highest BCUT2D eigenvalue weighted by atomic mass is 15.1. The highest BCUT2D eigenvalue weighted by Crippen LogP contribution is 2.42. The molecule has 0 aliphatic carbocycles. The van der Waals surface area contributed by atoms with Gasteiger partial charge in [-0.15, -0.1) is 0 Å². The third kappa shape index (κ3) is 4.01. The van der Waals surface area contributed by atoms with E-state index in [0.717, 1.165) is 82.5 Å². The molecule has 0 fully saturated rings. The van der Waals surface area contributed by atoms with Crippen molar-refractivity contribution in [3.05, 3.63) is 162 Å². The SMILES string of the molecule is N#Cc1ccc2c(c1)c1cc(C#N)ccc1n2-c1cccc(-n2c3ccccc3c3ccc4c5cc(C#N)ccc5n(-c5ccccc5)c4c32)c1. The van der Waals surface area contributed by atoms with Gasteiger partial charge in [0.1, 0.15) is 0 Å². The quantitative estimate of drug-likeness (QED) is 0.191. The number of aromatic nitrogens is 3. The second kappa shape index (κ2) is 10.7. The van der Waals surface area contributed by atoms with Gasteiger partial charge in [0, 0.05) is 49.4 Å². The molecule has 0 spiro atoms. The first-order valence-corrected chi connectivity index (χ1v) is 16.6. The Morgan fingerprint density at radius 3 is 1.33 bits per heavy atom. The molecule has 0 bridgehead atoms. The van der Waals surface area contributed by atoms with Gasteiger partial charge in [0.15, 0.2) is 0 Å². The number of fused-ring (bicyclic) bond motifs is 10. The standard InChI is InChI=1S/C45H24N6/c46-25-28-15-20-43-37(21-28)36-17-16-35-34-11-4-5-12-40(34)51(44(35)45(36)50(43)31-7-2-1-3-8-31)33-10-6-9-32(24-33)49-41-18-13-29(26-47)22-38(41)39-23-30(27-48)14-19-42(39)49/h1-24H. The Kier molecular flexibility index (Phi) is 5.97. The molecule has 0 aliphatic rings. The van der Waals surface area contributed by atoms with E-state index in [9.17, 15) is 15.8 Å². The summed E-state index contributed by atoms with van der Waals surface area (Å²) < 4.78 is 6.89. The van der Waals surface area contributed by atoms with Crippen molar-refractivity contribution in [3.63, 3.8) is 0 Å². The summed E-state index contributed by atoms with van der Waals surface area (Å²) >= 11 is 0. The molecule has 10 rings (SSSR count). The average Bonchev–Trinajstić information content (AvgIpc) is 3.83. The largest absolute Gasteiger partial charge is 0.309 e. The molecule has 3 heterocycles. The number of hydrogen-bond donors (Lipinski definition) is 0. The van der Waals surface area contributed by atoms with Crippen molar-refractivity contribution in [1.29, 1.82) is 15.8 Å². The Bertz CT molecular complexity index is 3150. The van der Waals surface area contributed by atoms with Gasteiger partial charge < -0.3 is 13.7 Å². The first-order chi connectivity index (χ1) is 25.2. The van der Waals surface area contributed by atoms with Crippen molar-refractivity contribution in [1.82, 2.24) is 13.7 Å². The van der Waals surface area contributed by atoms with E-state index in [1.807, 2.05) is 54.6 Å². The van der Waals surface area contributed by atoms with Crippen molar-refractivity contribution >= 4 is 65.4 Å². The monoisotopic (exact) mass is 648 g/mol. The molecule has 0 saturated heterocycles. The second-order valence-electron chi connectivity index (χ2n) is 12.8. The van der Waals surface area contributed by atoms with E-state index in [0.29, 0.717) is 16.7 Å². The molecular formula is C45H24N6. The Labute approximate surface area is 291 Å². The van der Waals surface area contributed by atoms with Crippen LogP contribution < -0.4 is 0 Å². The minimum Gasteiger partial charge on any atom is -0.309 e. The molecule has 0 saturated carbocycles. The van der Waals surface area contributed by atoms with Crippen molar-refractivity contribution in [3.8, 4) is 35.3 Å². The molecule has 0 radical (unpaired) electrons. The van der Waals surface area contributed by atoms with Crippen molar-refractivity contribution in [2.45, 2.75) is 0 Å². The Hall–Kier alpha value is -7.59. The molecule has 51 heavy (non-hydrogen) atoms. The normalized spacial score (nSPS) is 11.5. The third-order valence-electron chi connectivity index (χ3n) is 10.1. The fraction of sp³-hybridized carbons (Fsp3) is 0. The van der Waals surface area contributed by atoms with E-state index < -0.39 is 0 Å². The highest BCUT2D eigenvalue weighted by Gasteiger charge is 2.22. The number of rotatable bonds is 3. The van der Waals surface area contributed by atoms with Gasteiger partial charge in [-0.3, -0.25) is 0 Å². The van der Waals surface area contributed by atoms with Crippen LogP contribution in [0.15, 0.2) is 146 Å². The molecular weight excluding hydrogens is 625 g/mol. The topological polar surface area (TPSA) is 86.2 Å². The highest BCUT2D eigenvalue weighted by molar-refractivity contribution is 6.24. The summed E-state index contributed by atoms with van der Waals surface area (Å²) in [5.74, 6) is 0. The minimum atomic E-state index is 0.572. The van der Waals surface area contributed by atoms with Gasteiger partial charge in [-0.2, -0.15) is 15.8 Å². The summed E-state index contributed by atoms with van der Waals surface area (Å²) in [5.41, 5.74) is 10.9. The van der Waals surface area contributed by atoms with E-state index >= 15 is 0 Å². The predicted octanol–water partition coefficient (Wildman–Crippen LogP) is 10.6. The molecule has 0 aliphatic heterocycles. The van der Waals surface area contributed by atoms with Crippen LogP contribution in [0.25, 0.3) is 82.5 Å². The maximum atomic E-state index is 9.85. The average molecular weight is 649 g/mol. The third-order valence-corrected chi connectivity index (χ3v) is 10.1. The summed E-state index contributed by atoms with van der Waals surface area (Å²) in [6, 6.07) is 56.2. The van der Waals surface area contributed by atoms with Crippen LogP contribution in [0, 0.1) is 34.0 Å². The van der Waals surface area contributed by atoms with Crippen LogP contribution >= 0.6 is 0 Å². The van der Waals surface area contributed by atoms with Crippen molar-refractivity contribution in [2.24, 2.45) is 0 Å². The maximum absolute atomic E-state index is 9.85. The zero-order valence-corrected chi connectivity index (χ0v) is 27.0. The van der Waals surface area contributed by atoms with Crippen LogP contribution in [0.1, 0.15) is 16.7 Å². The van der Waals surface area contributed by atoms with Crippen LogP contribution in [0.2, 0.25) is 0 Å². The lowest BCUT2D eigenvalue weighted by Crippen LogP contribution is -2.00. The van der Waals surface area contributed by atoms with E-state index in [4.69, 9.17) is 0 Å². The Morgan fingerprint density at radius 2 is 0.745 bits per heavy atom. The van der Waals surface area contributed by atoms with Crippen LogP contribution in [-0.4, -0.2) is 13.7 Å². The maximum Gasteiger partial charge on any atom is 0.0991 e. The van der Waals surface area contributed by atoms with Crippen molar-refractivity contribution in [2.75, 3.05) is 0 Å². The summed E-state index contributed by atoms with van der Waals surface area (Å²) in [6.45, 7) is 0. The fourth-order valence-corrected chi connectivity index (χ4v) is 7.95. The van der Waals surface area contributed by atoms with Gasteiger partial charge >= 0.3 is 0 Å². The van der Waals surface area contributed by atoms with E-state index in [1.54, 1.807) is 0 Å². The first kappa shape index (κ1) is 28.4. The smallest absolute Gasteiger partial charge is 0.0991 e. The van der Waals surface area contributed by atoms with Crippen LogP contribution in [0.3, 0.4) is 0 Å². The molecule has 3 aromatic heterocycles. The van der Waals surface area contributed by atoms with E-state index in [1.165, 1.54) is 0 Å². The van der Waals surface area contributed by atoms with Crippen LogP contribution in [-0.2, 0) is 0 Å². The molecule has 0 unspecified atom stereocenters. The minimum absolute atomic E-state index is 0.572. The Morgan fingerprint density at radius 1 is 0.314 bits per heavy atom. The summed E-state index contributed by atoms with van der Waals surface area (Å²) in [5, 5.41) is 35.5. The van der Waals surface area contributed by atoms with Gasteiger partial charge in [-0.05, 0) is 91.0 Å². The molecule has 7 aromatic carbocycles. The summed E-state index contributed by atoms with van der Waals surface area (Å²) in [6.07, 6.45) is 0. The van der Waals surface area contributed by atoms with E-state index in [2.05, 4.69) is 123 Å². The Balaban J connectivity index is 1.33. The van der Waals surface area contributed by atoms with Gasteiger partial charge in [0.05, 0.1) is 68.0 Å². The van der Waals surface area contributed by atoms with Crippen LogP contribution in [0.5, 0.6) is 0 Å². The van der Waals surface area contributed by atoms with Crippen molar-refractivity contribution < 1.29 is 0 Å². The second-order valence-corrected chi connectivity index (χ2v) is 12.8. The van der Waals surface area contributed by atoms with Gasteiger partial charge in [0.25, 0.3) is 0 Å². The zero-order chi connectivity index (χ0) is 34.2. The molecule has 0 amide bonds. The van der Waals surface area contributed by atoms with Gasteiger partial charge in [0.2, 0.25) is 0 Å². The zero-order valence-electron chi connectivity index (χ0n) is 27.0. The molecule has 6 nitrogen and oxygen atoms in total. The predicted molar refractivity (Wildman–Crippen MR) is 204 cm³/mol. The summed E-state index contributed by atoms with van der Waals surface area (Å²) in [7, 11) is 0. The van der Waals surface area contributed by atoms with E-state index in [-0.39, 0.29) is 0 Å². The molecule has 0 atom stereocenters. The lowest BCUT2D eigenvalue weighted by molar-refractivity contribution is 1.12. The number of nitriles is 3. The van der Waals surface area contributed by atoms with Crippen LogP contribution in [0.4, 0.5) is 0 Å². The van der Waals surface area contributed by atoms with Gasteiger partial charge in [-0.25, -0.2) is 0 Å². The number of hydrogen-bond acceptors (Lipinski definition) is 3. The molecule has 10 aromatic rings. The number of benzene rings is 7. The molecule has 6 heteroatoms. The summed E-state index contributed by atoms with van der Waals surface area (Å²) in [4.78, 5) is 0. The number of para-hydroxylation sites is 2. The number of nitrogens with zero attached hydrogens (tertiary/aromatic N) is 6. The lowest BCUT2D eigenvalue weighted by atomic mass is 10.1. The fourth-order valence-electron chi connectivity index (χ4n) is 7.95. The van der Waals surface area contributed by atoms with Gasteiger partial charge in [-0.1, -0.05) is 54.6 Å².